The van der Waals surface area contributed by atoms with Gasteiger partial charge in [0.05, 0.1) is 0 Å². The zero-order chi connectivity index (χ0) is 18.3. The summed E-state index contributed by atoms with van der Waals surface area (Å²) in [5, 5.41) is 9.18. The van der Waals surface area contributed by atoms with E-state index in [2.05, 4.69) is 16.0 Å². The monoisotopic (exact) mass is 356 g/mol. The molecule has 1 aromatic carbocycles. The topological polar surface area (TPSA) is 90.5 Å². The van der Waals surface area contributed by atoms with E-state index in [9.17, 15) is 14.4 Å². The van der Waals surface area contributed by atoms with Gasteiger partial charge in [-0.05, 0) is 43.5 Å². The Kier molecular flexibility index (Phi) is 4.50. The van der Waals surface area contributed by atoms with Gasteiger partial charge in [0.2, 0.25) is 11.8 Å². The summed E-state index contributed by atoms with van der Waals surface area (Å²) in [7, 11) is 1.99. The van der Waals surface area contributed by atoms with Crippen LogP contribution in [0.3, 0.4) is 0 Å². The Hall–Kier alpha value is -2.25. The van der Waals surface area contributed by atoms with Crippen molar-refractivity contribution < 1.29 is 14.4 Å². The molecule has 3 amide bonds. The third kappa shape index (κ3) is 3.01. The maximum atomic E-state index is 12.8. The van der Waals surface area contributed by atoms with Crippen LogP contribution >= 0.6 is 0 Å². The molecule has 26 heavy (non-hydrogen) atoms. The molecule has 0 spiro atoms. The van der Waals surface area contributed by atoms with Crippen LogP contribution in [0.1, 0.15) is 47.2 Å². The van der Waals surface area contributed by atoms with Crippen LogP contribution in [0.15, 0.2) is 18.2 Å². The number of nitrogens with one attached hydrogen (secondary N) is 3. The average molecular weight is 356 g/mol. The summed E-state index contributed by atoms with van der Waals surface area (Å²) in [5.74, 6) is -0.745. The lowest BCUT2D eigenvalue weighted by atomic mass is 9.86. The Morgan fingerprint density at radius 2 is 2.00 bits per heavy atom. The SMILES string of the molecule is CNC1CC(NCc2cccc3c2CN(C2CCC(=O)NC2=O)C3=O)C1. The highest BCUT2D eigenvalue weighted by molar-refractivity contribution is 6.05. The number of rotatable bonds is 5. The van der Waals surface area contributed by atoms with Crippen LogP contribution in [0.2, 0.25) is 0 Å². The number of benzene rings is 1. The molecule has 1 aromatic rings. The molecule has 0 bridgehead atoms. The molecule has 2 fully saturated rings. The van der Waals surface area contributed by atoms with Gasteiger partial charge in [-0.2, -0.15) is 0 Å². The van der Waals surface area contributed by atoms with Crippen molar-refractivity contribution in [3.05, 3.63) is 34.9 Å². The summed E-state index contributed by atoms with van der Waals surface area (Å²) in [6.07, 6.45) is 2.91. The number of carbonyl (C=O) groups is 3. The van der Waals surface area contributed by atoms with E-state index >= 15 is 0 Å². The van der Waals surface area contributed by atoms with Crippen LogP contribution in [0.25, 0.3) is 0 Å². The lowest BCUT2D eigenvalue weighted by Gasteiger charge is -2.36. The number of hydrogen-bond donors (Lipinski definition) is 3. The molecule has 0 radical (unpaired) electrons. The largest absolute Gasteiger partial charge is 0.322 e. The summed E-state index contributed by atoms with van der Waals surface area (Å²) in [5.41, 5.74) is 2.79. The van der Waals surface area contributed by atoms with Crippen LogP contribution in [0.5, 0.6) is 0 Å². The predicted molar refractivity (Wildman–Crippen MR) is 95.2 cm³/mol. The first-order valence-corrected chi connectivity index (χ1v) is 9.23. The normalized spacial score (nSPS) is 28.0. The van der Waals surface area contributed by atoms with Crippen molar-refractivity contribution in [2.45, 2.75) is 56.9 Å². The molecule has 7 heteroatoms. The third-order valence-electron chi connectivity index (χ3n) is 5.81. The van der Waals surface area contributed by atoms with Gasteiger partial charge >= 0.3 is 0 Å². The highest BCUT2D eigenvalue weighted by Crippen LogP contribution is 2.30. The number of imide groups is 1. The molecular weight excluding hydrogens is 332 g/mol. The minimum Gasteiger partial charge on any atom is -0.322 e. The molecule has 4 rings (SSSR count). The van der Waals surface area contributed by atoms with Crippen molar-refractivity contribution >= 4 is 17.7 Å². The number of amides is 3. The molecule has 1 atom stereocenters. The Morgan fingerprint density at radius 1 is 1.19 bits per heavy atom. The summed E-state index contributed by atoms with van der Waals surface area (Å²) in [6.45, 7) is 1.16. The van der Waals surface area contributed by atoms with Gasteiger partial charge in [0.1, 0.15) is 6.04 Å². The second-order valence-corrected chi connectivity index (χ2v) is 7.38. The van der Waals surface area contributed by atoms with Gasteiger partial charge < -0.3 is 15.5 Å². The molecule has 1 saturated carbocycles. The van der Waals surface area contributed by atoms with E-state index in [1.807, 2.05) is 25.2 Å². The van der Waals surface area contributed by atoms with E-state index in [4.69, 9.17) is 0 Å². The van der Waals surface area contributed by atoms with Gasteiger partial charge in [-0.3, -0.25) is 19.7 Å². The van der Waals surface area contributed by atoms with Crippen LogP contribution in [0.4, 0.5) is 0 Å². The summed E-state index contributed by atoms with van der Waals surface area (Å²) in [4.78, 5) is 37.9. The van der Waals surface area contributed by atoms with E-state index in [0.29, 0.717) is 30.6 Å². The van der Waals surface area contributed by atoms with Crippen molar-refractivity contribution in [3.8, 4) is 0 Å². The molecule has 2 heterocycles. The van der Waals surface area contributed by atoms with Crippen molar-refractivity contribution in [3.63, 3.8) is 0 Å². The molecule has 138 valence electrons. The highest BCUT2D eigenvalue weighted by Gasteiger charge is 2.39. The van der Waals surface area contributed by atoms with Gasteiger partial charge in [0, 0.05) is 37.2 Å². The van der Waals surface area contributed by atoms with Gasteiger partial charge in [-0.15, -0.1) is 0 Å². The number of hydrogen-bond acceptors (Lipinski definition) is 5. The Balaban J connectivity index is 1.46. The fourth-order valence-corrected chi connectivity index (χ4v) is 4.09. The molecule has 2 aliphatic heterocycles. The third-order valence-corrected chi connectivity index (χ3v) is 5.81. The summed E-state index contributed by atoms with van der Waals surface area (Å²) < 4.78 is 0. The highest BCUT2D eigenvalue weighted by atomic mass is 16.2. The van der Waals surface area contributed by atoms with Crippen molar-refractivity contribution in [1.29, 1.82) is 0 Å². The first kappa shape index (κ1) is 17.2. The first-order valence-electron chi connectivity index (χ1n) is 9.23. The van der Waals surface area contributed by atoms with Crippen LogP contribution in [-0.2, 0) is 22.7 Å². The van der Waals surface area contributed by atoms with E-state index in [-0.39, 0.29) is 24.1 Å². The second kappa shape index (κ2) is 6.81. The quantitative estimate of drug-likeness (QED) is 0.660. The zero-order valence-electron chi connectivity index (χ0n) is 14.9. The van der Waals surface area contributed by atoms with Crippen LogP contribution in [0, 0.1) is 0 Å². The smallest absolute Gasteiger partial charge is 0.255 e. The Bertz CT molecular complexity index is 757. The lowest BCUT2D eigenvalue weighted by molar-refractivity contribution is -0.136. The van der Waals surface area contributed by atoms with Gasteiger partial charge in [-0.1, -0.05) is 12.1 Å². The first-order chi connectivity index (χ1) is 12.6. The molecule has 3 aliphatic rings. The molecule has 1 saturated heterocycles. The number of piperidine rings is 1. The van der Waals surface area contributed by atoms with Crippen molar-refractivity contribution in [2.75, 3.05) is 7.05 Å². The van der Waals surface area contributed by atoms with Crippen LogP contribution < -0.4 is 16.0 Å². The summed E-state index contributed by atoms with van der Waals surface area (Å²) in [6, 6.07) is 6.31. The minimum atomic E-state index is -0.559. The maximum Gasteiger partial charge on any atom is 0.255 e. The summed E-state index contributed by atoms with van der Waals surface area (Å²) >= 11 is 0. The van der Waals surface area contributed by atoms with E-state index in [1.54, 1.807) is 4.90 Å². The number of nitrogens with zero attached hydrogens (tertiary/aromatic N) is 1. The van der Waals surface area contributed by atoms with Gasteiger partial charge in [0.15, 0.2) is 0 Å². The van der Waals surface area contributed by atoms with Crippen LogP contribution in [-0.4, -0.2) is 47.8 Å². The number of fused-ring (bicyclic) bond motifs is 1. The fourth-order valence-electron chi connectivity index (χ4n) is 4.09. The molecule has 1 aliphatic carbocycles. The predicted octanol–water partition coefficient (Wildman–Crippen LogP) is 0.288. The van der Waals surface area contributed by atoms with E-state index in [0.717, 1.165) is 30.5 Å². The Morgan fingerprint density at radius 3 is 2.73 bits per heavy atom. The average Bonchev–Trinajstić information content (AvgIpc) is 2.91. The van der Waals surface area contributed by atoms with E-state index < -0.39 is 6.04 Å². The standard InChI is InChI=1S/C19H24N4O3/c1-20-12-7-13(8-12)21-9-11-3-2-4-14-15(11)10-23(19(14)26)16-5-6-17(24)22-18(16)25/h2-4,12-13,16,20-21H,5-10H2,1H3,(H,22,24,25). The molecule has 1 unspecified atom stereocenters. The maximum absolute atomic E-state index is 12.8. The minimum absolute atomic E-state index is 0.116. The zero-order valence-corrected chi connectivity index (χ0v) is 14.9. The van der Waals surface area contributed by atoms with Gasteiger partial charge in [-0.25, -0.2) is 0 Å². The number of carbonyl (C=O) groups excluding carboxylic acids is 3. The molecule has 7 nitrogen and oxygen atoms in total. The lowest BCUT2D eigenvalue weighted by Crippen LogP contribution is -2.52. The fraction of sp³-hybridized carbons (Fsp3) is 0.526. The molecule has 3 N–H and O–H groups in total. The Labute approximate surface area is 152 Å². The second-order valence-electron chi connectivity index (χ2n) is 7.38. The van der Waals surface area contributed by atoms with Crippen molar-refractivity contribution in [2.24, 2.45) is 0 Å². The molecular formula is C19H24N4O3. The molecule has 0 aromatic heterocycles. The van der Waals surface area contributed by atoms with Gasteiger partial charge in [0.25, 0.3) is 5.91 Å². The van der Waals surface area contributed by atoms with Crippen molar-refractivity contribution in [1.82, 2.24) is 20.9 Å². The van der Waals surface area contributed by atoms with E-state index in [1.165, 1.54) is 0 Å².